The Labute approximate surface area is 115 Å². The lowest BCUT2D eigenvalue weighted by atomic mass is 10.1. The van der Waals surface area contributed by atoms with Crippen LogP contribution in [-0.2, 0) is 11.5 Å². The zero-order valence-electron chi connectivity index (χ0n) is 9.14. The molecular weight excluding hydrogens is 364 g/mol. The first kappa shape index (κ1) is 16.5. The molecule has 1 rings (SSSR count). The number of nitrogens with zero attached hydrogens (tertiary/aromatic N) is 1. The third-order valence-corrected chi connectivity index (χ3v) is 2.53. The molecule has 1 heterocycles. The van der Waals surface area contributed by atoms with Gasteiger partial charge in [0.2, 0.25) is 5.88 Å². The third-order valence-electron chi connectivity index (χ3n) is 1.93. The van der Waals surface area contributed by atoms with Gasteiger partial charge < -0.3 is 9.84 Å². The van der Waals surface area contributed by atoms with Crippen molar-refractivity contribution in [1.29, 1.82) is 0 Å². The number of aromatic carboxylic acids is 1. The van der Waals surface area contributed by atoms with E-state index in [4.69, 9.17) is 5.11 Å². The van der Waals surface area contributed by atoms with Crippen molar-refractivity contribution in [3.8, 4) is 5.88 Å². The van der Waals surface area contributed by atoms with Crippen LogP contribution in [0.1, 0.15) is 21.6 Å². The molecular formula is C9H4BrF6NO3. The van der Waals surface area contributed by atoms with Crippen LogP contribution in [0.15, 0.2) is 6.07 Å². The van der Waals surface area contributed by atoms with Gasteiger partial charge in [0.1, 0.15) is 0 Å². The third kappa shape index (κ3) is 3.99. The fraction of sp³-hybridized carbons (Fsp3) is 0.333. The molecule has 11 heteroatoms. The molecule has 0 spiro atoms. The summed E-state index contributed by atoms with van der Waals surface area (Å²) in [6.45, 7) is 0. The van der Waals surface area contributed by atoms with Gasteiger partial charge in [0.05, 0.1) is 5.56 Å². The molecule has 0 aromatic carbocycles. The van der Waals surface area contributed by atoms with Crippen LogP contribution in [0.2, 0.25) is 0 Å². The summed E-state index contributed by atoms with van der Waals surface area (Å²) in [7, 11) is 0. The van der Waals surface area contributed by atoms with Gasteiger partial charge in [-0.1, -0.05) is 15.9 Å². The van der Waals surface area contributed by atoms with Crippen LogP contribution >= 0.6 is 15.9 Å². The highest BCUT2D eigenvalue weighted by molar-refractivity contribution is 9.08. The van der Waals surface area contributed by atoms with E-state index in [1.165, 1.54) is 0 Å². The predicted molar refractivity (Wildman–Crippen MR) is 55.5 cm³/mol. The molecule has 20 heavy (non-hydrogen) atoms. The second kappa shape index (κ2) is 5.46. The Morgan fingerprint density at radius 3 is 2.20 bits per heavy atom. The minimum absolute atomic E-state index is 0.242. The quantitative estimate of drug-likeness (QED) is 0.655. The average molecular weight is 368 g/mol. The first-order valence-electron chi connectivity index (χ1n) is 4.62. The van der Waals surface area contributed by atoms with Crippen LogP contribution < -0.4 is 4.74 Å². The van der Waals surface area contributed by atoms with Crippen LogP contribution in [-0.4, -0.2) is 22.4 Å². The number of carboxylic acid groups (broad SMARTS) is 1. The van der Waals surface area contributed by atoms with Crippen molar-refractivity contribution in [2.75, 3.05) is 0 Å². The molecule has 0 aliphatic rings. The van der Waals surface area contributed by atoms with Gasteiger partial charge in [-0.05, 0) is 6.07 Å². The number of hydrogen-bond acceptors (Lipinski definition) is 3. The summed E-state index contributed by atoms with van der Waals surface area (Å²) in [5.74, 6) is -3.37. The molecule has 0 unspecified atom stereocenters. The number of ether oxygens (including phenoxy) is 1. The van der Waals surface area contributed by atoms with E-state index in [-0.39, 0.29) is 6.07 Å². The van der Waals surface area contributed by atoms with Gasteiger partial charge >= 0.3 is 18.5 Å². The topological polar surface area (TPSA) is 59.4 Å². The van der Waals surface area contributed by atoms with Crippen LogP contribution in [0.4, 0.5) is 26.3 Å². The van der Waals surface area contributed by atoms with Gasteiger partial charge in [0, 0.05) is 10.9 Å². The molecule has 1 aromatic rings. The normalized spacial score (nSPS) is 12.3. The fourth-order valence-electron chi connectivity index (χ4n) is 1.21. The Balaban J connectivity index is 3.49. The highest BCUT2D eigenvalue weighted by Gasteiger charge is 2.39. The molecule has 4 nitrogen and oxygen atoms in total. The van der Waals surface area contributed by atoms with Crippen molar-refractivity contribution in [1.82, 2.24) is 4.98 Å². The fourth-order valence-corrected chi connectivity index (χ4v) is 1.61. The van der Waals surface area contributed by atoms with Gasteiger partial charge in [-0.2, -0.15) is 13.2 Å². The SMILES string of the molecule is O=C(O)c1nc(OC(F)(F)F)c(CBr)cc1C(F)(F)F. The Kier molecular flexibility index (Phi) is 4.52. The number of carboxylic acids is 1. The Bertz CT molecular complexity index is 528. The summed E-state index contributed by atoms with van der Waals surface area (Å²) in [5, 5.41) is 8.17. The second-order valence-electron chi connectivity index (χ2n) is 3.33. The lowest BCUT2D eigenvalue weighted by molar-refractivity contribution is -0.276. The van der Waals surface area contributed by atoms with E-state index < -0.39 is 46.5 Å². The molecule has 1 N–H and O–H groups in total. The van der Waals surface area contributed by atoms with Crippen LogP contribution in [0.5, 0.6) is 5.88 Å². The molecule has 0 aliphatic carbocycles. The van der Waals surface area contributed by atoms with Crippen LogP contribution in [0.25, 0.3) is 0 Å². The molecule has 0 atom stereocenters. The molecule has 1 aromatic heterocycles. The molecule has 0 fully saturated rings. The maximum atomic E-state index is 12.6. The molecule has 112 valence electrons. The number of aromatic nitrogens is 1. The lowest BCUT2D eigenvalue weighted by Gasteiger charge is -2.15. The van der Waals surface area contributed by atoms with Crippen molar-refractivity contribution in [3.63, 3.8) is 0 Å². The Morgan fingerprint density at radius 1 is 1.30 bits per heavy atom. The van der Waals surface area contributed by atoms with Gasteiger partial charge in [-0.25, -0.2) is 9.78 Å². The highest BCUT2D eigenvalue weighted by Crippen LogP contribution is 2.36. The summed E-state index contributed by atoms with van der Waals surface area (Å²) < 4.78 is 77.5. The average Bonchev–Trinajstić information content (AvgIpc) is 2.24. The van der Waals surface area contributed by atoms with Crippen LogP contribution in [0.3, 0.4) is 0 Å². The van der Waals surface area contributed by atoms with E-state index in [9.17, 15) is 31.1 Å². The number of halogens is 7. The van der Waals surface area contributed by atoms with Crippen molar-refractivity contribution >= 4 is 21.9 Å². The second-order valence-corrected chi connectivity index (χ2v) is 3.89. The predicted octanol–water partition coefficient (Wildman–Crippen LogP) is 3.59. The first-order valence-corrected chi connectivity index (χ1v) is 5.74. The van der Waals surface area contributed by atoms with Gasteiger partial charge in [-0.15, -0.1) is 13.2 Å². The summed E-state index contributed by atoms with van der Waals surface area (Å²) in [5.41, 5.74) is -3.81. The number of alkyl halides is 7. The summed E-state index contributed by atoms with van der Waals surface area (Å²) in [6, 6.07) is 0.242. The smallest absolute Gasteiger partial charge is 0.476 e. The number of hydrogen-bond donors (Lipinski definition) is 1. The monoisotopic (exact) mass is 367 g/mol. The summed E-state index contributed by atoms with van der Waals surface area (Å²) >= 11 is 2.68. The maximum absolute atomic E-state index is 12.6. The minimum atomic E-state index is -5.21. The Hall–Kier alpha value is -1.52. The molecule has 0 amide bonds. The standard InChI is InChI=1S/C9H4BrF6NO3/c10-2-3-1-4(8(11,12)13)5(7(18)19)17-6(3)20-9(14,15)16/h1H,2H2,(H,18,19). The van der Waals surface area contributed by atoms with E-state index in [1.54, 1.807) is 0 Å². The largest absolute Gasteiger partial charge is 0.574 e. The first-order chi connectivity index (χ1) is 8.95. The van der Waals surface area contributed by atoms with E-state index in [0.717, 1.165) is 0 Å². The molecule has 0 bridgehead atoms. The van der Waals surface area contributed by atoms with E-state index in [1.807, 2.05) is 0 Å². The van der Waals surface area contributed by atoms with Crippen molar-refractivity contribution in [2.24, 2.45) is 0 Å². The zero-order chi connectivity index (χ0) is 15.7. The van der Waals surface area contributed by atoms with Gasteiger partial charge in [-0.3, -0.25) is 0 Å². The minimum Gasteiger partial charge on any atom is -0.476 e. The lowest BCUT2D eigenvalue weighted by Crippen LogP contribution is -2.22. The van der Waals surface area contributed by atoms with Crippen molar-refractivity contribution in [3.05, 3.63) is 22.9 Å². The van der Waals surface area contributed by atoms with E-state index in [2.05, 4.69) is 25.7 Å². The van der Waals surface area contributed by atoms with E-state index >= 15 is 0 Å². The summed E-state index contributed by atoms with van der Waals surface area (Å²) in [4.78, 5) is 13.5. The number of pyridine rings is 1. The number of carbonyl (C=O) groups is 1. The van der Waals surface area contributed by atoms with E-state index in [0.29, 0.717) is 0 Å². The van der Waals surface area contributed by atoms with Gasteiger partial charge in [0.25, 0.3) is 0 Å². The highest BCUT2D eigenvalue weighted by atomic mass is 79.9. The van der Waals surface area contributed by atoms with Gasteiger partial charge in [0.15, 0.2) is 5.69 Å². The van der Waals surface area contributed by atoms with Crippen molar-refractivity contribution in [2.45, 2.75) is 17.9 Å². The van der Waals surface area contributed by atoms with Crippen LogP contribution in [0, 0.1) is 0 Å². The molecule has 0 saturated heterocycles. The Morgan fingerprint density at radius 2 is 1.85 bits per heavy atom. The number of rotatable bonds is 3. The zero-order valence-corrected chi connectivity index (χ0v) is 10.7. The molecule has 0 saturated carbocycles. The maximum Gasteiger partial charge on any atom is 0.574 e. The molecule has 0 radical (unpaired) electrons. The summed E-state index contributed by atoms with van der Waals surface area (Å²) in [6.07, 6.45) is -10.3. The molecule has 0 aliphatic heterocycles. The van der Waals surface area contributed by atoms with Crippen molar-refractivity contribution < 1.29 is 41.0 Å².